The fourth-order valence-corrected chi connectivity index (χ4v) is 3.79. The van der Waals surface area contributed by atoms with Gasteiger partial charge in [-0.3, -0.25) is 0 Å². The Morgan fingerprint density at radius 1 is 0.741 bits per heavy atom. The normalized spacial score (nSPS) is 11.7. The molecule has 0 heterocycles. The molecular formula is C25H36O2. The van der Waals surface area contributed by atoms with E-state index in [9.17, 15) is 10.2 Å². The minimum absolute atomic E-state index is 0.294. The number of phenolic OH excluding ortho intramolecular Hbond substituents is 2. The van der Waals surface area contributed by atoms with Crippen molar-refractivity contribution in [2.75, 3.05) is 0 Å². The Morgan fingerprint density at radius 3 is 1.56 bits per heavy atom. The third-order valence-corrected chi connectivity index (χ3v) is 5.11. The van der Waals surface area contributed by atoms with Crippen molar-refractivity contribution in [1.82, 2.24) is 0 Å². The summed E-state index contributed by atoms with van der Waals surface area (Å²) in [6, 6.07) is 12.2. The molecule has 2 heteroatoms. The van der Waals surface area contributed by atoms with Gasteiger partial charge in [0.15, 0.2) is 0 Å². The molecule has 2 aromatic carbocycles. The summed E-state index contributed by atoms with van der Waals surface area (Å²) in [5, 5.41) is 20.5. The third-order valence-electron chi connectivity index (χ3n) is 5.11. The molecule has 0 aliphatic rings. The lowest BCUT2D eigenvalue weighted by Gasteiger charge is -2.21. The number of hydrogen-bond acceptors (Lipinski definition) is 2. The first-order valence-corrected chi connectivity index (χ1v) is 10.4. The van der Waals surface area contributed by atoms with E-state index in [4.69, 9.17) is 0 Å². The van der Waals surface area contributed by atoms with Crippen molar-refractivity contribution in [3.05, 3.63) is 58.7 Å². The van der Waals surface area contributed by atoms with E-state index in [1.165, 1.54) is 11.1 Å². The highest BCUT2D eigenvalue weighted by molar-refractivity contribution is 5.44. The van der Waals surface area contributed by atoms with Gasteiger partial charge in [0.1, 0.15) is 11.5 Å². The van der Waals surface area contributed by atoms with Crippen LogP contribution in [0.1, 0.15) is 82.1 Å². The first-order valence-electron chi connectivity index (χ1n) is 10.4. The standard InChI is InChI=1S/C25H36O2/c1-6-7-8-23(19-9-11-24(26)21(15-19)13-17(2)3)20-10-12-25(27)22(16-20)14-18(4)5/h9-12,15-18,23,26-27H,6-8,13-14H2,1-5H3. The van der Waals surface area contributed by atoms with E-state index < -0.39 is 0 Å². The smallest absolute Gasteiger partial charge is 0.118 e. The van der Waals surface area contributed by atoms with Crippen LogP contribution in [-0.2, 0) is 12.8 Å². The van der Waals surface area contributed by atoms with Crippen LogP contribution in [-0.4, -0.2) is 10.2 Å². The zero-order valence-electron chi connectivity index (χ0n) is 17.6. The largest absolute Gasteiger partial charge is 0.508 e. The summed E-state index contributed by atoms with van der Waals surface area (Å²) in [7, 11) is 0. The molecular weight excluding hydrogens is 332 g/mol. The van der Waals surface area contributed by atoms with Gasteiger partial charge < -0.3 is 10.2 Å². The zero-order valence-corrected chi connectivity index (χ0v) is 17.6. The monoisotopic (exact) mass is 368 g/mol. The van der Waals surface area contributed by atoms with Crippen molar-refractivity contribution < 1.29 is 10.2 Å². The van der Waals surface area contributed by atoms with E-state index in [0.29, 0.717) is 29.3 Å². The maximum absolute atomic E-state index is 10.3. The van der Waals surface area contributed by atoms with Crippen LogP contribution in [0.4, 0.5) is 0 Å². The first-order chi connectivity index (χ1) is 12.8. The fraction of sp³-hybridized carbons (Fsp3) is 0.520. The van der Waals surface area contributed by atoms with E-state index in [1.807, 2.05) is 12.1 Å². The highest BCUT2D eigenvalue weighted by Crippen LogP contribution is 2.35. The maximum Gasteiger partial charge on any atom is 0.118 e. The molecule has 0 spiro atoms. The number of phenols is 2. The molecule has 2 rings (SSSR count). The lowest BCUT2D eigenvalue weighted by Crippen LogP contribution is -2.05. The molecule has 2 N–H and O–H groups in total. The van der Waals surface area contributed by atoms with E-state index in [1.54, 1.807) is 0 Å². The summed E-state index contributed by atoms with van der Waals surface area (Å²) >= 11 is 0. The lowest BCUT2D eigenvalue weighted by atomic mass is 9.84. The van der Waals surface area contributed by atoms with Crippen LogP contribution in [0.25, 0.3) is 0 Å². The number of unbranched alkanes of at least 4 members (excludes halogenated alkanes) is 1. The summed E-state index contributed by atoms with van der Waals surface area (Å²) in [4.78, 5) is 0. The molecule has 0 amide bonds. The second kappa shape index (κ2) is 9.82. The van der Waals surface area contributed by atoms with Gasteiger partial charge in [-0.2, -0.15) is 0 Å². The van der Waals surface area contributed by atoms with Gasteiger partial charge in [0.25, 0.3) is 0 Å². The predicted molar refractivity (Wildman–Crippen MR) is 115 cm³/mol. The number of rotatable bonds is 9. The molecule has 0 saturated carbocycles. The third kappa shape index (κ3) is 6.02. The molecule has 2 aromatic rings. The van der Waals surface area contributed by atoms with Crippen molar-refractivity contribution in [2.24, 2.45) is 11.8 Å². The molecule has 0 fully saturated rings. The van der Waals surface area contributed by atoms with Crippen LogP contribution in [0, 0.1) is 11.8 Å². The number of aromatic hydroxyl groups is 2. The van der Waals surface area contributed by atoms with Crippen LogP contribution in [0.5, 0.6) is 11.5 Å². The average molecular weight is 369 g/mol. The van der Waals surface area contributed by atoms with Crippen LogP contribution in [0.3, 0.4) is 0 Å². The first kappa shape index (κ1) is 21.3. The minimum Gasteiger partial charge on any atom is -0.508 e. The SMILES string of the molecule is CCCCC(c1ccc(O)c(CC(C)C)c1)c1ccc(O)c(CC(C)C)c1. The van der Waals surface area contributed by atoms with Crippen molar-refractivity contribution >= 4 is 0 Å². The van der Waals surface area contributed by atoms with Gasteiger partial charge in [0.05, 0.1) is 0 Å². The van der Waals surface area contributed by atoms with Gasteiger partial charge in [0, 0.05) is 5.92 Å². The topological polar surface area (TPSA) is 40.5 Å². The number of hydrogen-bond donors (Lipinski definition) is 2. The molecule has 0 aromatic heterocycles. The maximum atomic E-state index is 10.3. The van der Waals surface area contributed by atoms with Crippen LogP contribution in [0.15, 0.2) is 36.4 Å². The number of benzene rings is 2. The summed E-state index contributed by atoms with van der Waals surface area (Å²) in [6.07, 6.45) is 5.16. The Labute approximate surface area is 165 Å². The Kier molecular flexibility index (Phi) is 7.77. The van der Waals surface area contributed by atoms with Gasteiger partial charge in [-0.05, 0) is 65.5 Å². The van der Waals surface area contributed by atoms with Crippen molar-refractivity contribution in [1.29, 1.82) is 0 Å². The van der Waals surface area contributed by atoms with E-state index in [-0.39, 0.29) is 0 Å². The highest BCUT2D eigenvalue weighted by Gasteiger charge is 2.18. The average Bonchev–Trinajstić information content (AvgIpc) is 2.59. The molecule has 0 aliphatic carbocycles. The molecule has 2 nitrogen and oxygen atoms in total. The predicted octanol–water partition coefficient (Wildman–Crippen LogP) is 6.82. The van der Waals surface area contributed by atoms with Gasteiger partial charge in [-0.1, -0.05) is 71.7 Å². The van der Waals surface area contributed by atoms with Gasteiger partial charge >= 0.3 is 0 Å². The van der Waals surface area contributed by atoms with Crippen LogP contribution in [0.2, 0.25) is 0 Å². The summed E-state index contributed by atoms with van der Waals surface area (Å²) < 4.78 is 0. The minimum atomic E-state index is 0.294. The van der Waals surface area contributed by atoms with Crippen molar-refractivity contribution in [3.63, 3.8) is 0 Å². The van der Waals surface area contributed by atoms with E-state index in [0.717, 1.165) is 43.2 Å². The zero-order chi connectivity index (χ0) is 20.0. The molecule has 0 aliphatic heterocycles. The lowest BCUT2D eigenvalue weighted by molar-refractivity contribution is 0.461. The molecule has 0 atom stereocenters. The summed E-state index contributed by atoms with van der Waals surface area (Å²) in [6.45, 7) is 10.9. The summed E-state index contributed by atoms with van der Waals surface area (Å²) in [5.41, 5.74) is 4.59. The van der Waals surface area contributed by atoms with Crippen molar-refractivity contribution in [2.45, 2.75) is 72.6 Å². The summed E-state index contributed by atoms with van der Waals surface area (Å²) in [5.74, 6) is 2.10. The van der Waals surface area contributed by atoms with E-state index in [2.05, 4.69) is 58.9 Å². The molecule has 0 bridgehead atoms. The Hall–Kier alpha value is -1.96. The Bertz CT molecular complexity index is 672. The molecule has 148 valence electrons. The van der Waals surface area contributed by atoms with Crippen LogP contribution < -0.4 is 0 Å². The van der Waals surface area contributed by atoms with Gasteiger partial charge in [-0.25, -0.2) is 0 Å². The van der Waals surface area contributed by atoms with Gasteiger partial charge in [0.2, 0.25) is 0 Å². The van der Waals surface area contributed by atoms with Gasteiger partial charge in [-0.15, -0.1) is 0 Å². The fourth-order valence-electron chi connectivity index (χ4n) is 3.79. The van der Waals surface area contributed by atoms with E-state index >= 15 is 0 Å². The second-order valence-electron chi connectivity index (χ2n) is 8.67. The second-order valence-corrected chi connectivity index (χ2v) is 8.67. The Morgan fingerprint density at radius 2 is 1.19 bits per heavy atom. The highest BCUT2D eigenvalue weighted by atomic mass is 16.3. The van der Waals surface area contributed by atoms with Crippen molar-refractivity contribution in [3.8, 4) is 11.5 Å². The molecule has 27 heavy (non-hydrogen) atoms. The molecule has 0 saturated heterocycles. The molecule has 0 unspecified atom stereocenters. The van der Waals surface area contributed by atoms with Crippen LogP contribution >= 0.6 is 0 Å². The quantitative estimate of drug-likeness (QED) is 0.510. The molecule has 0 radical (unpaired) electrons. The Balaban J connectivity index is 2.44.